The zero-order chi connectivity index (χ0) is 14.4. The van der Waals surface area contributed by atoms with Crippen LogP contribution in [0.1, 0.15) is 49.1 Å². The van der Waals surface area contributed by atoms with Gasteiger partial charge in [-0.2, -0.15) is 0 Å². The number of amides is 1. The standard InChI is InChI=1S/C13H20N2O4/c1-8(13-9(2)15-19-10(13)3)7-11(16)14-6-4-5-12(17)18/h8H,4-7H2,1-3H3,(H,14,16)(H,17,18). The smallest absolute Gasteiger partial charge is 0.303 e. The van der Waals surface area contributed by atoms with Crippen LogP contribution in [0.15, 0.2) is 4.52 Å². The number of aromatic nitrogens is 1. The first-order chi connectivity index (χ1) is 8.91. The highest BCUT2D eigenvalue weighted by Gasteiger charge is 2.18. The van der Waals surface area contributed by atoms with E-state index in [1.165, 1.54) is 0 Å². The minimum absolute atomic E-state index is 0.0331. The van der Waals surface area contributed by atoms with Gasteiger partial charge in [-0.1, -0.05) is 12.1 Å². The minimum Gasteiger partial charge on any atom is -0.481 e. The second kappa shape index (κ2) is 6.92. The molecule has 1 rings (SSSR count). The van der Waals surface area contributed by atoms with E-state index < -0.39 is 5.97 Å². The Morgan fingerprint density at radius 3 is 2.63 bits per heavy atom. The molecule has 0 aliphatic rings. The molecule has 1 amide bonds. The number of hydrogen-bond acceptors (Lipinski definition) is 4. The highest BCUT2D eigenvalue weighted by Crippen LogP contribution is 2.25. The molecular weight excluding hydrogens is 248 g/mol. The van der Waals surface area contributed by atoms with Gasteiger partial charge in [0.2, 0.25) is 5.91 Å². The van der Waals surface area contributed by atoms with Crippen LogP contribution < -0.4 is 5.32 Å². The van der Waals surface area contributed by atoms with E-state index in [2.05, 4.69) is 10.5 Å². The van der Waals surface area contributed by atoms with Gasteiger partial charge in [-0.15, -0.1) is 0 Å². The van der Waals surface area contributed by atoms with Crippen LogP contribution in [0.4, 0.5) is 0 Å². The van der Waals surface area contributed by atoms with Crippen LogP contribution in [0.25, 0.3) is 0 Å². The Labute approximate surface area is 112 Å². The lowest BCUT2D eigenvalue weighted by molar-refractivity contribution is -0.137. The number of rotatable bonds is 7. The summed E-state index contributed by atoms with van der Waals surface area (Å²) in [6, 6.07) is 0. The lowest BCUT2D eigenvalue weighted by atomic mass is 9.96. The molecule has 6 nitrogen and oxygen atoms in total. The number of carboxylic acid groups (broad SMARTS) is 1. The van der Waals surface area contributed by atoms with Gasteiger partial charge in [0, 0.05) is 24.9 Å². The fraction of sp³-hybridized carbons (Fsp3) is 0.615. The molecule has 0 saturated carbocycles. The number of hydrogen-bond donors (Lipinski definition) is 2. The van der Waals surface area contributed by atoms with Gasteiger partial charge in [-0.05, 0) is 26.2 Å². The molecule has 0 fully saturated rings. The maximum Gasteiger partial charge on any atom is 0.303 e. The van der Waals surface area contributed by atoms with E-state index in [-0.39, 0.29) is 18.2 Å². The predicted octanol–water partition coefficient (Wildman–Crippen LogP) is 1.77. The second-order valence-electron chi connectivity index (χ2n) is 4.69. The molecular formula is C13H20N2O4. The van der Waals surface area contributed by atoms with E-state index in [0.29, 0.717) is 19.4 Å². The summed E-state index contributed by atoms with van der Waals surface area (Å²) < 4.78 is 5.08. The normalized spacial score (nSPS) is 12.2. The van der Waals surface area contributed by atoms with Gasteiger partial charge in [0.25, 0.3) is 0 Å². The maximum absolute atomic E-state index is 11.7. The molecule has 0 aliphatic heterocycles. The molecule has 0 aliphatic carbocycles. The predicted molar refractivity (Wildman–Crippen MR) is 68.9 cm³/mol. The highest BCUT2D eigenvalue weighted by atomic mass is 16.5. The van der Waals surface area contributed by atoms with E-state index in [4.69, 9.17) is 9.63 Å². The average Bonchev–Trinajstić information content (AvgIpc) is 2.64. The fourth-order valence-corrected chi connectivity index (χ4v) is 2.11. The van der Waals surface area contributed by atoms with E-state index in [1.54, 1.807) is 0 Å². The van der Waals surface area contributed by atoms with Crippen LogP contribution in [-0.4, -0.2) is 28.7 Å². The lowest BCUT2D eigenvalue weighted by Crippen LogP contribution is -2.26. The largest absolute Gasteiger partial charge is 0.481 e. The molecule has 1 unspecified atom stereocenters. The summed E-state index contributed by atoms with van der Waals surface area (Å²) in [6.07, 6.45) is 0.858. The van der Waals surface area contributed by atoms with Crippen molar-refractivity contribution in [3.05, 3.63) is 17.0 Å². The Hall–Kier alpha value is -1.85. The van der Waals surface area contributed by atoms with Crippen molar-refractivity contribution >= 4 is 11.9 Å². The molecule has 1 atom stereocenters. The third-order valence-electron chi connectivity index (χ3n) is 2.96. The van der Waals surface area contributed by atoms with Crippen LogP contribution in [0, 0.1) is 13.8 Å². The van der Waals surface area contributed by atoms with Crippen molar-refractivity contribution in [2.24, 2.45) is 0 Å². The first kappa shape index (κ1) is 15.2. The zero-order valence-electron chi connectivity index (χ0n) is 11.5. The quantitative estimate of drug-likeness (QED) is 0.735. The summed E-state index contributed by atoms with van der Waals surface area (Å²) >= 11 is 0. The molecule has 0 saturated heterocycles. The molecule has 0 spiro atoms. The third kappa shape index (κ3) is 4.73. The Morgan fingerprint density at radius 2 is 2.11 bits per heavy atom. The molecule has 6 heteroatoms. The van der Waals surface area contributed by atoms with Gasteiger partial charge < -0.3 is 14.9 Å². The van der Waals surface area contributed by atoms with Crippen LogP contribution in [0.2, 0.25) is 0 Å². The highest BCUT2D eigenvalue weighted by molar-refractivity contribution is 5.77. The fourth-order valence-electron chi connectivity index (χ4n) is 2.11. The number of nitrogens with zero attached hydrogens (tertiary/aromatic N) is 1. The van der Waals surface area contributed by atoms with Gasteiger partial charge in [-0.3, -0.25) is 9.59 Å². The van der Waals surface area contributed by atoms with Gasteiger partial charge in [0.05, 0.1) is 5.69 Å². The van der Waals surface area contributed by atoms with Gasteiger partial charge >= 0.3 is 5.97 Å². The Morgan fingerprint density at radius 1 is 1.42 bits per heavy atom. The van der Waals surface area contributed by atoms with Crippen molar-refractivity contribution in [1.29, 1.82) is 0 Å². The van der Waals surface area contributed by atoms with E-state index >= 15 is 0 Å². The summed E-state index contributed by atoms with van der Waals surface area (Å²) in [4.78, 5) is 22.0. The van der Waals surface area contributed by atoms with E-state index in [1.807, 2.05) is 20.8 Å². The van der Waals surface area contributed by atoms with Gasteiger partial charge in [0.15, 0.2) is 0 Å². The van der Waals surface area contributed by atoms with Crippen molar-refractivity contribution in [3.8, 4) is 0 Å². The van der Waals surface area contributed by atoms with E-state index in [0.717, 1.165) is 17.0 Å². The van der Waals surface area contributed by atoms with Crippen LogP contribution in [-0.2, 0) is 9.59 Å². The number of carbonyl (C=O) groups excluding carboxylic acids is 1. The first-order valence-corrected chi connectivity index (χ1v) is 6.33. The van der Waals surface area contributed by atoms with Crippen molar-refractivity contribution in [3.63, 3.8) is 0 Å². The SMILES string of the molecule is Cc1noc(C)c1C(C)CC(=O)NCCCC(=O)O. The second-order valence-corrected chi connectivity index (χ2v) is 4.69. The van der Waals surface area contributed by atoms with E-state index in [9.17, 15) is 9.59 Å². The molecule has 0 bridgehead atoms. The molecule has 0 radical (unpaired) electrons. The lowest BCUT2D eigenvalue weighted by Gasteiger charge is -2.11. The van der Waals surface area contributed by atoms with Crippen molar-refractivity contribution in [1.82, 2.24) is 10.5 Å². The number of aryl methyl sites for hydroxylation is 2. The van der Waals surface area contributed by atoms with Gasteiger partial charge in [0.1, 0.15) is 5.76 Å². The number of carboxylic acids is 1. The Balaban J connectivity index is 2.38. The van der Waals surface area contributed by atoms with Crippen LogP contribution in [0.3, 0.4) is 0 Å². The number of aliphatic carboxylic acids is 1. The van der Waals surface area contributed by atoms with Crippen molar-refractivity contribution in [2.75, 3.05) is 6.54 Å². The molecule has 1 aromatic heterocycles. The summed E-state index contributed by atoms with van der Waals surface area (Å²) in [5.41, 5.74) is 1.78. The number of nitrogens with one attached hydrogen (secondary N) is 1. The minimum atomic E-state index is -0.849. The summed E-state index contributed by atoms with van der Waals surface area (Å²) in [6.45, 7) is 6.02. The molecule has 1 aromatic rings. The third-order valence-corrected chi connectivity index (χ3v) is 2.96. The molecule has 0 aromatic carbocycles. The Kier molecular flexibility index (Phi) is 5.54. The summed E-state index contributed by atoms with van der Waals surface area (Å²) in [7, 11) is 0. The maximum atomic E-state index is 11.7. The average molecular weight is 268 g/mol. The molecule has 106 valence electrons. The number of carbonyl (C=O) groups is 2. The van der Waals surface area contributed by atoms with Crippen molar-refractivity contribution in [2.45, 2.75) is 46.0 Å². The van der Waals surface area contributed by atoms with Crippen LogP contribution in [0.5, 0.6) is 0 Å². The monoisotopic (exact) mass is 268 g/mol. The molecule has 1 heterocycles. The summed E-state index contributed by atoms with van der Waals surface area (Å²) in [5, 5.41) is 15.1. The first-order valence-electron chi connectivity index (χ1n) is 6.33. The van der Waals surface area contributed by atoms with Gasteiger partial charge in [-0.25, -0.2) is 0 Å². The summed E-state index contributed by atoms with van der Waals surface area (Å²) in [5.74, 6) is -0.161. The Bertz CT molecular complexity index is 434. The van der Waals surface area contributed by atoms with Crippen LogP contribution >= 0.6 is 0 Å². The molecule has 19 heavy (non-hydrogen) atoms. The molecule has 2 N–H and O–H groups in total. The van der Waals surface area contributed by atoms with Crippen molar-refractivity contribution < 1.29 is 19.2 Å². The zero-order valence-corrected chi connectivity index (χ0v) is 11.5. The topological polar surface area (TPSA) is 92.4 Å².